The van der Waals surface area contributed by atoms with E-state index in [1.165, 1.54) is 51.4 Å². The van der Waals surface area contributed by atoms with Gasteiger partial charge in [0.15, 0.2) is 0 Å². The lowest BCUT2D eigenvalue weighted by Gasteiger charge is -2.50. The third kappa shape index (κ3) is 1.71. The van der Waals surface area contributed by atoms with E-state index in [2.05, 4.69) is 6.92 Å². The van der Waals surface area contributed by atoms with Gasteiger partial charge in [0.25, 0.3) is 0 Å². The Morgan fingerprint density at radius 2 is 2.00 bits per heavy atom. The molecule has 2 aliphatic carbocycles. The minimum absolute atomic E-state index is 0.591. The molecule has 0 aromatic heterocycles. The van der Waals surface area contributed by atoms with E-state index in [0.29, 0.717) is 5.41 Å². The molecule has 2 aliphatic rings. The zero-order valence-corrected chi connectivity index (χ0v) is 9.60. The summed E-state index contributed by atoms with van der Waals surface area (Å²) in [5, 5.41) is 0. The van der Waals surface area contributed by atoms with Gasteiger partial charge in [0.05, 0.1) is 0 Å². The van der Waals surface area contributed by atoms with E-state index in [9.17, 15) is 0 Å². The number of nitrogens with two attached hydrogens (primary N) is 1. The van der Waals surface area contributed by atoms with Crippen molar-refractivity contribution in [2.45, 2.75) is 58.3 Å². The molecule has 2 unspecified atom stereocenters. The molecule has 1 nitrogen and oxygen atoms in total. The smallest absolute Gasteiger partial charge is 0.00179 e. The summed E-state index contributed by atoms with van der Waals surface area (Å²) < 4.78 is 0. The van der Waals surface area contributed by atoms with Crippen LogP contribution in [0.1, 0.15) is 58.3 Å². The van der Waals surface area contributed by atoms with Crippen LogP contribution in [0.3, 0.4) is 0 Å². The number of hydrogen-bond donors (Lipinski definition) is 1. The summed E-state index contributed by atoms with van der Waals surface area (Å²) in [6, 6.07) is 0. The zero-order valence-electron chi connectivity index (χ0n) is 9.60. The molecular formula is C13H25N. The first-order chi connectivity index (χ1) is 6.80. The Balaban J connectivity index is 1.95. The molecule has 14 heavy (non-hydrogen) atoms. The molecule has 1 heteroatoms. The van der Waals surface area contributed by atoms with Gasteiger partial charge in [-0.2, -0.15) is 0 Å². The molecular weight excluding hydrogens is 170 g/mol. The first-order valence-corrected chi connectivity index (χ1v) is 6.51. The lowest BCUT2D eigenvalue weighted by molar-refractivity contribution is 0.0201. The molecule has 2 fully saturated rings. The third-order valence-corrected chi connectivity index (χ3v) is 4.98. The van der Waals surface area contributed by atoms with Crippen LogP contribution in [0.5, 0.6) is 0 Å². The van der Waals surface area contributed by atoms with Crippen LogP contribution in [0, 0.1) is 17.3 Å². The van der Waals surface area contributed by atoms with E-state index in [1.807, 2.05) is 0 Å². The van der Waals surface area contributed by atoms with Gasteiger partial charge in [-0.3, -0.25) is 0 Å². The highest BCUT2D eigenvalue weighted by Crippen LogP contribution is 2.52. The third-order valence-electron chi connectivity index (χ3n) is 4.98. The van der Waals surface area contributed by atoms with Gasteiger partial charge < -0.3 is 5.73 Å². The van der Waals surface area contributed by atoms with Crippen molar-refractivity contribution in [3.63, 3.8) is 0 Å². The van der Waals surface area contributed by atoms with Gasteiger partial charge in [0.2, 0.25) is 0 Å². The van der Waals surface area contributed by atoms with Gasteiger partial charge in [-0.1, -0.05) is 32.6 Å². The monoisotopic (exact) mass is 195 g/mol. The van der Waals surface area contributed by atoms with Gasteiger partial charge in [0, 0.05) is 0 Å². The molecule has 0 radical (unpaired) electrons. The van der Waals surface area contributed by atoms with Crippen LogP contribution in [0.15, 0.2) is 0 Å². The van der Waals surface area contributed by atoms with Crippen molar-refractivity contribution in [1.29, 1.82) is 0 Å². The zero-order chi connectivity index (χ0) is 10.0. The largest absolute Gasteiger partial charge is 0.330 e. The molecule has 2 atom stereocenters. The maximum absolute atomic E-state index is 5.99. The molecule has 2 N–H and O–H groups in total. The fraction of sp³-hybridized carbons (Fsp3) is 1.00. The number of rotatable bonds is 3. The Hall–Kier alpha value is -0.0400. The molecule has 0 spiro atoms. The Labute approximate surface area is 88.4 Å². The molecule has 0 heterocycles. The van der Waals surface area contributed by atoms with E-state index in [1.54, 1.807) is 0 Å². The van der Waals surface area contributed by atoms with Crippen LogP contribution in [-0.2, 0) is 0 Å². The van der Waals surface area contributed by atoms with E-state index < -0.39 is 0 Å². The second-order valence-corrected chi connectivity index (χ2v) is 5.56. The van der Waals surface area contributed by atoms with Crippen LogP contribution in [-0.4, -0.2) is 6.54 Å². The fourth-order valence-electron chi connectivity index (χ4n) is 3.63. The Morgan fingerprint density at radius 3 is 2.50 bits per heavy atom. The van der Waals surface area contributed by atoms with Crippen LogP contribution < -0.4 is 5.73 Å². The summed E-state index contributed by atoms with van der Waals surface area (Å²) >= 11 is 0. The van der Waals surface area contributed by atoms with Crippen LogP contribution in [0.2, 0.25) is 0 Å². The van der Waals surface area contributed by atoms with Crippen molar-refractivity contribution in [3.8, 4) is 0 Å². The molecule has 0 saturated heterocycles. The molecule has 2 saturated carbocycles. The minimum Gasteiger partial charge on any atom is -0.330 e. The minimum atomic E-state index is 0.591. The predicted molar refractivity (Wildman–Crippen MR) is 61.1 cm³/mol. The first kappa shape index (κ1) is 10.5. The fourth-order valence-corrected chi connectivity index (χ4v) is 3.63. The van der Waals surface area contributed by atoms with Crippen molar-refractivity contribution in [3.05, 3.63) is 0 Å². The van der Waals surface area contributed by atoms with E-state index in [-0.39, 0.29) is 0 Å². The van der Waals surface area contributed by atoms with Crippen molar-refractivity contribution >= 4 is 0 Å². The molecule has 0 amide bonds. The van der Waals surface area contributed by atoms with Crippen molar-refractivity contribution in [2.24, 2.45) is 23.0 Å². The van der Waals surface area contributed by atoms with Gasteiger partial charge >= 0.3 is 0 Å². The SMILES string of the molecule is CCC1CCCC(C2(CN)CCC2)C1. The summed E-state index contributed by atoms with van der Waals surface area (Å²) in [6.45, 7) is 3.30. The summed E-state index contributed by atoms with van der Waals surface area (Å²) in [4.78, 5) is 0. The summed E-state index contributed by atoms with van der Waals surface area (Å²) in [5.41, 5.74) is 6.58. The summed E-state index contributed by atoms with van der Waals surface area (Å²) in [7, 11) is 0. The van der Waals surface area contributed by atoms with Gasteiger partial charge in [0.1, 0.15) is 0 Å². The number of hydrogen-bond acceptors (Lipinski definition) is 1. The Kier molecular flexibility index (Phi) is 3.16. The lowest BCUT2D eigenvalue weighted by atomic mass is 9.56. The van der Waals surface area contributed by atoms with Crippen molar-refractivity contribution in [2.75, 3.05) is 6.54 Å². The highest BCUT2D eigenvalue weighted by atomic mass is 14.6. The highest BCUT2D eigenvalue weighted by molar-refractivity contribution is 4.96. The normalized spacial score (nSPS) is 36.4. The molecule has 0 aromatic carbocycles. The molecule has 2 rings (SSSR count). The van der Waals surface area contributed by atoms with E-state index >= 15 is 0 Å². The maximum atomic E-state index is 5.99. The average molecular weight is 195 g/mol. The quantitative estimate of drug-likeness (QED) is 0.734. The van der Waals surface area contributed by atoms with Crippen molar-refractivity contribution < 1.29 is 0 Å². The molecule has 0 aromatic rings. The molecule has 0 bridgehead atoms. The standard InChI is InChI=1S/C13H25N/c1-2-11-5-3-6-12(9-11)13(10-14)7-4-8-13/h11-12H,2-10,14H2,1H3. The summed E-state index contributed by atoms with van der Waals surface area (Å²) in [6.07, 6.45) is 11.6. The van der Waals surface area contributed by atoms with Gasteiger partial charge in [-0.05, 0) is 49.5 Å². The molecule has 82 valence electrons. The molecule has 0 aliphatic heterocycles. The maximum Gasteiger partial charge on any atom is -0.00179 e. The van der Waals surface area contributed by atoms with Crippen LogP contribution in [0.25, 0.3) is 0 Å². The Morgan fingerprint density at radius 1 is 1.21 bits per heavy atom. The predicted octanol–water partition coefficient (Wildman–Crippen LogP) is 3.33. The average Bonchev–Trinajstić information content (AvgIpc) is 2.18. The first-order valence-electron chi connectivity index (χ1n) is 6.51. The second-order valence-electron chi connectivity index (χ2n) is 5.56. The highest BCUT2D eigenvalue weighted by Gasteiger charge is 2.43. The van der Waals surface area contributed by atoms with E-state index in [0.717, 1.165) is 18.4 Å². The van der Waals surface area contributed by atoms with Crippen LogP contribution in [0.4, 0.5) is 0 Å². The van der Waals surface area contributed by atoms with Crippen LogP contribution >= 0.6 is 0 Å². The Bertz CT molecular complexity index is 178. The van der Waals surface area contributed by atoms with Gasteiger partial charge in [-0.15, -0.1) is 0 Å². The topological polar surface area (TPSA) is 26.0 Å². The lowest BCUT2D eigenvalue weighted by Crippen LogP contribution is -2.45. The van der Waals surface area contributed by atoms with Crippen molar-refractivity contribution in [1.82, 2.24) is 0 Å². The van der Waals surface area contributed by atoms with E-state index in [4.69, 9.17) is 5.73 Å². The second kappa shape index (κ2) is 4.22. The van der Waals surface area contributed by atoms with Gasteiger partial charge in [-0.25, -0.2) is 0 Å². The summed E-state index contributed by atoms with van der Waals surface area (Å²) in [5.74, 6) is 1.98.